The number of methoxy groups -OCH3 is 2. The van der Waals surface area contributed by atoms with Gasteiger partial charge in [-0.05, 0) is 49.2 Å². The summed E-state index contributed by atoms with van der Waals surface area (Å²) < 4.78 is 16.7. The van der Waals surface area contributed by atoms with Crippen LogP contribution >= 0.6 is 11.3 Å². The van der Waals surface area contributed by atoms with Crippen molar-refractivity contribution in [2.24, 2.45) is 0 Å². The number of anilines is 1. The molecule has 0 unspecified atom stereocenters. The molecule has 9 heteroatoms. The lowest BCUT2D eigenvalue weighted by Crippen LogP contribution is -2.39. The van der Waals surface area contributed by atoms with E-state index >= 15 is 0 Å². The Kier molecular flexibility index (Phi) is 7.77. The van der Waals surface area contributed by atoms with Gasteiger partial charge in [-0.3, -0.25) is 14.6 Å². The fraction of sp³-hybridized carbons (Fsp3) is 0.400. The Morgan fingerprint density at radius 3 is 2.47 bits per heavy atom. The van der Waals surface area contributed by atoms with Gasteiger partial charge in [0.1, 0.15) is 11.3 Å². The molecule has 1 aromatic heterocycles. The van der Waals surface area contributed by atoms with Gasteiger partial charge < -0.3 is 14.2 Å². The van der Waals surface area contributed by atoms with E-state index < -0.39 is 5.97 Å². The van der Waals surface area contributed by atoms with Gasteiger partial charge in [0.05, 0.1) is 37.7 Å². The van der Waals surface area contributed by atoms with Crippen LogP contribution in [0.4, 0.5) is 5.13 Å². The molecule has 3 aromatic rings. The normalized spacial score (nSPS) is 14.2. The van der Waals surface area contributed by atoms with Crippen molar-refractivity contribution in [2.45, 2.75) is 13.3 Å². The van der Waals surface area contributed by atoms with Gasteiger partial charge in [0.2, 0.25) is 0 Å². The van der Waals surface area contributed by atoms with Crippen molar-refractivity contribution in [3.63, 3.8) is 0 Å². The number of esters is 1. The van der Waals surface area contributed by atoms with Gasteiger partial charge in [-0.15, -0.1) is 0 Å². The molecule has 4 rings (SSSR count). The van der Waals surface area contributed by atoms with Crippen molar-refractivity contribution in [3.05, 3.63) is 53.1 Å². The van der Waals surface area contributed by atoms with Crippen LogP contribution in [0.25, 0.3) is 10.2 Å². The monoisotopic (exact) mass is 483 g/mol. The molecule has 0 radical (unpaired) electrons. The van der Waals surface area contributed by atoms with Crippen LogP contribution in [0.2, 0.25) is 0 Å². The first-order valence-electron chi connectivity index (χ1n) is 11.3. The van der Waals surface area contributed by atoms with E-state index in [1.54, 1.807) is 36.3 Å². The molecule has 0 aliphatic carbocycles. The number of aromatic nitrogens is 1. The SMILES string of the molecule is COC(=O)c1ccc(C(=O)N(CCCN2CCOCC2)c2nc3c(OC)ccc(C)c3s2)cc1. The minimum atomic E-state index is -0.435. The van der Waals surface area contributed by atoms with Crippen molar-refractivity contribution in [3.8, 4) is 5.75 Å². The number of rotatable bonds is 8. The third kappa shape index (κ3) is 5.22. The number of thiazole rings is 1. The third-order valence-electron chi connectivity index (χ3n) is 5.90. The molecule has 1 saturated heterocycles. The van der Waals surface area contributed by atoms with Gasteiger partial charge in [0.15, 0.2) is 5.13 Å². The molecule has 0 saturated carbocycles. The van der Waals surface area contributed by atoms with E-state index in [1.807, 2.05) is 19.1 Å². The Morgan fingerprint density at radius 1 is 1.09 bits per heavy atom. The lowest BCUT2D eigenvalue weighted by atomic mass is 10.1. The third-order valence-corrected chi connectivity index (χ3v) is 7.11. The Morgan fingerprint density at radius 2 is 1.79 bits per heavy atom. The number of nitrogens with zero attached hydrogens (tertiary/aromatic N) is 3. The maximum Gasteiger partial charge on any atom is 0.337 e. The van der Waals surface area contributed by atoms with Crippen molar-refractivity contribution < 1.29 is 23.8 Å². The van der Waals surface area contributed by atoms with Crippen molar-refractivity contribution in [2.75, 3.05) is 58.5 Å². The van der Waals surface area contributed by atoms with Crippen LogP contribution in [0.1, 0.15) is 32.7 Å². The summed E-state index contributed by atoms with van der Waals surface area (Å²) in [4.78, 5) is 34.3. The highest BCUT2D eigenvalue weighted by molar-refractivity contribution is 7.22. The maximum atomic E-state index is 13.6. The summed E-state index contributed by atoms with van der Waals surface area (Å²) in [6.45, 7) is 6.72. The van der Waals surface area contributed by atoms with Crippen LogP contribution in [0.15, 0.2) is 36.4 Å². The summed E-state index contributed by atoms with van der Waals surface area (Å²) in [5, 5.41) is 0.631. The molecule has 180 valence electrons. The van der Waals surface area contributed by atoms with E-state index in [-0.39, 0.29) is 5.91 Å². The van der Waals surface area contributed by atoms with Crippen LogP contribution in [-0.4, -0.2) is 75.4 Å². The number of hydrogen-bond donors (Lipinski definition) is 0. The summed E-state index contributed by atoms with van der Waals surface area (Å²) in [5.74, 6) is 0.0930. The largest absolute Gasteiger partial charge is 0.494 e. The zero-order chi connectivity index (χ0) is 24.1. The molecule has 34 heavy (non-hydrogen) atoms. The molecular formula is C25H29N3O5S. The Labute approximate surface area is 203 Å². The average molecular weight is 484 g/mol. The molecule has 2 heterocycles. The van der Waals surface area contributed by atoms with Gasteiger partial charge in [0.25, 0.3) is 5.91 Å². The second-order valence-electron chi connectivity index (χ2n) is 8.09. The predicted molar refractivity (Wildman–Crippen MR) is 132 cm³/mol. The van der Waals surface area contributed by atoms with E-state index in [0.717, 1.165) is 55.0 Å². The molecule has 0 atom stereocenters. The zero-order valence-corrected chi connectivity index (χ0v) is 20.5. The van der Waals surface area contributed by atoms with Crippen LogP contribution in [-0.2, 0) is 9.47 Å². The molecule has 0 spiro atoms. The minimum Gasteiger partial charge on any atom is -0.494 e. The number of fused-ring (bicyclic) bond motifs is 1. The molecule has 1 aliphatic heterocycles. The molecule has 1 fully saturated rings. The summed E-state index contributed by atoms with van der Waals surface area (Å²) in [5.41, 5.74) is 2.73. The lowest BCUT2D eigenvalue weighted by Gasteiger charge is -2.27. The standard InChI is InChI=1S/C25H29N3O5S/c1-17-5-10-20(31-2)21-22(17)34-25(26-21)28(12-4-11-27-13-15-33-16-14-27)23(29)18-6-8-19(9-7-18)24(30)32-3/h5-10H,4,11-16H2,1-3H3. The number of ether oxygens (including phenoxy) is 3. The fourth-order valence-electron chi connectivity index (χ4n) is 3.96. The predicted octanol–water partition coefficient (Wildman–Crippen LogP) is 3.77. The second-order valence-corrected chi connectivity index (χ2v) is 9.07. The Balaban J connectivity index is 1.62. The van der Waals surface area contributed by atoms with Crippen LogP contribution in [0.3, 0.4) is 0 Å². The summed E-state index contributed by atoms with van der Waals surface area (Å²) in [6.07, 6.45) is 0.804. The first-order chi connectivity index (χ1) is 16.5. The van der Waals surface area contributed by atoms with E-state index in [1.165, 1.54) is 18.4 Å². The molecular weight excluding hydrogens is 454 g/mol. The van der Waals surface area contributed by atoms with Crippen LogP contribution in [0, 0.1) is 6.92 Å². The van der Waals surface area contributed by atoms with Gasteiger partial charge in [-0.25, -0.2) is 9.78 Å². The van der Waals surface area contributed by atoms with Crippen LogP contribution in [0.5, 0.6) is 5.75 Å². The van der Waals surface area contributed by atoms with E-state index in [2.05, 4.69) is 4.90 Å². The molecule has 1 aliphatic rings. The number of benzene rings is 2. The highest BCUT2D eigenvalue weighted by Crippen LogP contribution is 2.37. The summed E-state index contributed by atoms with van der Waals surface area (Å²) in [7, 11) is 2.96. The quantitative estimate of drug-likeness (QED) is 0.451. The van der Waals surface area contributed by atoms with Crippen molar-refractivity contribution in [1.29, 1.82) is 0 Å². The number of aryl methyl sites for hydroxylation is 1. The highest BCUT2D eigenvalue weighted by atomic mass is 32.1. The first-order valence-corrected chi connectivity index (χ1v) is 12.1. The van der Waals surface area contributed by atoms with E-state index in [4.69, 9.17) is 19.2 Å². The maximum absolute atomic E-state index is 13.6. The number of amides is 1. The van der Waals surface area contributed by atoms with Crippen molar-refractivity contribution >= 4 is 38.6 Å². The van der Waals surface area contributed by atoms with Gasteiger partial charge >= 0.3 is 5.97 Å². The van der Waals surface area contributed by atoms with Crippen LogP contribution < -0.4 is 9.64 Å². The van der Waals surface area contributed by atoms with E-state index in [9.17, 15) is 9.59 Å². The smallest absolute Gasteiger partial charge is 0.337 e. The lowest BCUT2D eigenvalue weighted by molar-refractivity contribution is 0.0376. The zero-order valence-electron chi connectivity index (χ0n) is 19.7. The second kappa shape index (κ2) is 10.9. The number of morpholine rings is 1. The molecule has 0 N–H and O–H groups in total. The van der Waals surface area contributed by atoms with Crippen molar-refractivity contribution in [1.82, 2.24) is 9.88 Å². The average Bonchev–Trinajstić information content (AvgIpc) is 3.33. The molecule has 2 aromatic carbocycles. The van der Waals surface area contributed by atoms with Gasteiger partial charge in [-0.2, -0.15) is 0 Å². The number of carbonyl (C=O) groups excluding carboxylic acids is 2. The Hall–Kier alpha value is -3.01. The van der Waals surface area contributed by atoms with Gasteiger partial charge in [0, 0.05) is 31.7 Å². The topological polar surface area (TPSA) is 81.2 Å². The summed E-state index contributed by atoms with van der Waals surface area (Å²) in [6, 6.07) is 10.4. The Bertz CT molecular complexity index is 1160. The molecule has 1 amide bonds. The molecule has 0 bridgehead atoms. The van der Waals surface area contributed by atoms with Gasteiger partial charge in [-0.1, -0.05) is 17.4 Å². The highest BCUT2D eigenvalue weighted by Gasteiger charge is 2.23. The number of carbonyl (C=O) groups is 2. The van der Waals surface area contributed by atoms with E-state index in [0.29, 0.717) is 28.6 Å². The fourth-order valence-corrected chi connectivity index (χ4v) is 5.04. The first kappa shape index (κ1) is 24.1. The summed E-state index contributed by atoms with van der Waals surface area (Å²) >= 11 is 1.49. The number of hydrogen-bond acceptors (Lipinski definition) is 8. The molecule has 8 nitrogen and oxygen atoms in total. The minimum absolute atomic E-state index is 0.158.